The molecule has 116 valence electrons. The number of hydrogen-bond donors (Lipinski definition) is 3. The maximum absolute atomic E-state index is 5.93. The lowest BCUT2D eigenvalue weighted by Gasteiger charge is -2.18. The third kappa shape index (κ3) is 2.54. The second-order valence-corrected chi connectivity index (χ2v) is 5.93. The second kappa shape index (κ2) is 5.43. The monoisotopic (exact) mass is 305 g/mol. The molecule has 0 atom stereocenters. The summed E-state index contributed by atoms with van der Waals surface area (Å²) in [5.74, 6) is 0.426. The molecule has 1 aliphatic rings. The van der Waals surface area contributed by atoms with E-state index in [1.54, 1.807) is 6.20 Å². The number of nitrogens with one attached hydrogen (secondary N) is 2. The Bertz CT molecular complexity index is 866. The number of anilines is 2. The van der Waals surface area contributed by atoms with Gasteiger partial charge in [0.1, 0.15) is 0 Å². The van der Waals surface area contributed by atoms with Gasteiger partial charge in [0.25, 0.3) is 0 Å². The highest BCUT2D eigenvalue weighted by molar-refractivity contribution is 5.81. The molecule has 1 aromatic carbocycles. The minimum Gasteiger partial charge on any atom is -0.385 e. The number of benzene rings is 1. The van der Waals surface area contributed by atoms with Crippen molar-refractivity contribution in [1.29, 1.82) is 0 Å². The minimum absolute atomic E-state index is 0.426. The number of aromatic amines is 1. The molecule has 5 nitrogen and oxygen atoms in total. The fourth-order valence-corrected chi connectivity index (χ4v) is 3.12. The van der Waals surface area contributed by atoms with E-state index in [1.807, 2.05) is 19.1 Å². The third-order valence-corrected chi connectivity index (χ3v) is 4.23. The van der Waals surface area contributed by atoms with E-state index < -0.39 is 0 Å². The molecule has 0 amide bonds. The van der Waals surface area contributed by atoms with Crippen LogP contribution in [-0.4, -0.2) is 21.5 Å². The van der Waals surface area contributed by atoms with Gasteiger partial charge in [0, 0.05) is 35.2 Å². The molecule has 2 aromatic heterocycles. The van der Waals surface area contributed by atoms with Crippen molar-refractivity contribution in [1.82, 2.24) is 15.0 Å². The van der Waals surface area contributed by atoms with Gasteiger partial charge in [0.15, 0.2) is 5.95 Å². The standard InChI is InChI=1S/C18H19N5/c1-11-9-14(6-8-20-11)17-16(22-18(19)23-17)13-5-4-12-3-2-7-21-15(12)10-13/h4-6,8-10,21H,2-3,7H2,1H3,(H3,19,22,23). The largest absolute Gasteiger partial charge is 0.385 e. The van der Waals surface area contributed by atoms with Gasteiger partial charge in [-0.3, -0.25) is 4.98 Å². The molecule has 0 fully saturated rings. The summed E-state index contributed by atoms with van der Waals surface area (Å²) < 4.78 is 0. The number of nitrogen functional groups attached to an aromatic ring is 1. The molecular formula is C18H19N5. The summed E-state index contributed by atoms with van der Waals surface area (Å²) in [5, 5.41) is 3.47. The first kappa shape index (κ1) is 13.8. The summed E-state index contributed by atoms with van der Waals surface area (Å²) in [6.07, 6.45) is 4.12. The highest BCUT2D eigenvalue weighted by Gasteiger charge is 2.16. The Morgan fingerprint density at radius 1 is 1.13 bits per heavy atom. The Labute approximate surface area is 135 Å². The predicted molar refractivity (Wildman–Crippen MR) is 93.2 cm³/mol. The van der Waals surface area contributed by atoms with Crippen molar-refractivity contribution >= 4 is 11.6 Å². The Hall–Kier alpha value is -2.82. The van der Waals surface area contributed by atoms with Crippen molar-refractivity contribution < 1.29 is 0 Å². The van der Waals surface area contributed by atoms with Gasteiger partial charge in [-0.15, -0.1) is 0 Å². The normalized spacial score (nSPS) is 13.4. The number of nitrogens with zero attached hydrogens (tertiary/aromatic N) is 2. The van der Waals surface area contributed by atoms with Crippen LogP contribution >= 0.6 is 0 Å². The Morgan fingerprint density at radius 3 is 2.91 bits per heavy atom. The highest BCUT2D eigenvalue weighted by Crippen LogP contribution is 2.34. The molecule has 0 bridgehead atoms. The molecule has 4 rings (SSSR count). The van der Waals surface area contributed by atoms with E-state index >= 15 is 0 Å². The molecule has 3 heterocycles. The van der Waals surface area contributed by atoms with Gasteiger partial charge in [-0.05, 0) is 43.5 Å². The molecule has 1 aliphatic heterocycles. The highest BCUT2D eigenvalue weighted by atomic mass is 15.0. The van der Waals surface area contributed by atoms with Crippen molar-refractivity contribution in [2.24, 2.45) is 0 Å². The molecule has 0 spiro atoms. The third-order valence-electron chi connectivity index (χ3n) is 4.23. The lowest BCUT2D eigenvalue weighted by molar-refractivity contribution is 0.830. The molecule has 0 aliphatic carbocycles. The summed E-state index contributed by atoms with van der Waals surface area (Å²) in [5.41, 5.74) is 13.4. The second-order valence-electron chi connectivity index (χ2n) is 5.93. The lowest BCUT2D eigenvalue weighted by Crippen LogP contribution is -2.11. The number of H-pyrrole nitrogens is 1. The van der Waals surface area contributed by atoms with Crippen molar-refractivity contribution in [3.8, 4) is 22.5 Å². The average Bonchev–Trinajstić information content (AvgIpc) is 2.96. The summed E-state index contributed by atoms with van der Waals surface area (Å²) >= 11 is 0. The first-order valence-electron chi connectivity index (χ1n) is 7.86. The molecule has 5 heteroatoms. The Morgan fingerprint density at radius 2 is 2.04 bits per heavy atom. The molecule has 0 unspecified atom stereocenters. The van der Waals surface area contributed by atoms with Crippen LogP contribution in [0.1, 0.15) is 17.7 Å². The van der Waals surface area contributed by atoms with E-state index in [1.165, 1.54) is 17.7 Å². The molecular weight excluding hydrogens is 286 g/mol. The van der Waals surface area contributed by atoms with Crippen LogP contribution in [0.2, 0.25) is 0 Å². The molecule has 0 saturated carbocycles. The zero-order valence-corrected chi connectivity index (χ0v) is 13.1. The van der Waals surface area contributed by atoms with E-state index in [9.17, 15) is 0 Å². The number of nitrogens with two attached hydrogens (primary N) is 1. The van der Waals surface area contributed by atoms with E-state index in [0.29, 0.717) is 5.95 Å². The van der Waals surface area contributed by atoms with E-state index in [-0.39, 0.29) is 0 Å². The number of aromatic nitrogens is 3. The van der Waals surface area contributed by atoms with Gasteiger partial charge in [-0.1, -0.05) is 12.1 Å². The topological polar surface area (TPSA) is 79.6 Å². The van der Waals surface area contributed by atoms with Crippen molar-refractivity contribution in [2.75, 3.05) is 17.6 Å². The van der Waals surface area contributed by atoms with Gasteiger partial charge in [0.05, 0.1) is 11.4 Å². The fraction of sp³-hybridized carbons (Fsp3) is 0.222. The molecule has 23 heavy (non-hydrogen) atoms. The Balaban J connectivity index is 1.83. The van der Waals surface area contributed by atoms with Crippen LogP contribution in [0.3, 0.4) is 0 Å². The summed E-state index contributed by atoms with van der Waals surface area (Å²) in [6.45, 7) is 3.00. The van der Waals surface area contributed by atoms with Gasteiger partial charge in [-0.2, -0.15) is 0 Å². The van der Waals surface area contributed by atoms with E-state index in [2.05, 4.69) is 38.5 Å². The van der Waals surface area contributed by atoms with Crippen LogP contribution in [-0.2, 0) is 6.42 Å². The SMILES string of the molecule is Cc1cc(-c2[nH]c(N)nc2-c2ccc3c(c2)NCCC3)ccn1. The number of hydrogen-bond acceptors (Lipinski definition) is 4. The maximum Gasteiger partial charge on any atom is 0.198 e. The lowest BCUT2D eigenvalue weighted by atomic mass is 9.98. The van der Waals surface area contributed by atoms with Crippen LogP contribution in [0.4, 0.5) is 11.6 Å². The maximum atomic E-state index is 5.93. The van der Waals surface area contributed by atoms with Gasteiger partial charge >= 0.3 is 0 Å². The molecule has 0 saturated heterocycles. The number of fused-ring (bicyclic) bond motifs is 1. The van der Waals surface area contributed by atoms with Crippen LogP contribution in [0.25, 0.3) is 22.5 Å². The van der Waals surface area contributed by atoms with Crippen molar-refractivity contribution in [3.63, 3.8) is 0 Å². The summed E-state index contributed by atoms with van der Waals surface area (Å²) in [4.78, 5) is 12.0. The van der Waals surface area contributed by atoms with Gasteiger partial charge in [-0.25, -0.2) is 4.98 Å². The van der Waals surface area contributed by atoms with Crippen LogP contribution in [0.5, 0.6) is 0 Å². The number of rotatable bonds is 2. The van der Waals surface area contributed by atoms with Crippen LogP contribution < -0.4 is 11.1 Å². The Kier molecular flexibility index (Phi) is 3.26. The van der Waals surface area contributed by atoms with Crippen molar-refractivity contribution in [2.45, 2.75) is 19.8 Å². The number of imidazole rings is 1. The van der Waals surface area contributed by atoms with E-state index in [0.717, 1.165) is 41.2 Å². The fourth-order valence-electron chi connectivity index (χ4n) is 3.12. The smallest absolute Gasteiger partial charge is 0.198 e. The quantitative estimate of drug-likeness (QED) is 0.678. The summed E-state index contributed by atoms with van der Waals surface area (Å²) in [6, 6.07) is 10.5. The minimum atomic E-state index is 0.426. The van der Waals surface area contributed by atoms with Crippen molar-refractivity contribution in [3.05, 3.63) is 47.8 Å². The molecule has 3 aromatic rings. The van der Waals surface area contributed by atoms with Crippen LogP contribution in [0, 0.1) is 6.92 Å². The average molecular weight is 305 g/mol. The van der Waals surface area contributed by atoms with Gasteiger partial charge < -0.3 is 16.0 Å². The number of pyridine rings is 1. The van der Waals surface area contributed by atoms with Crippen LogP contribution in [0.15, 0.2) is 36.5 Å². The van der Waals surface area contributed by atoms with Gasteiger partial charge in [0.2, 0.25) is 0 Å². The summed E-state index contributed by atoms with van der Waals surface area (Å²) in [7, 11) is 0. The molecule has 0 radical (unpaired) electrons. The zero-order chi connectivity index (χ0) is 15.8. The molecule has 4 N–H and O–H groups in total. The first-order chi connectivity index (χ1) is 11.2. The zero-order valence-electron chi connectivity index (χ0n) is 13.1. The van der Waals surface area contributed by atoms with E-state index in [4.69, 9.17) is 5.73 Å². The first-order valence-corrected chi connectivity index (χ1v) is 7.86. The number of aryl methyl sites for hydroxylation is 2. The predicted octanol–water partition coefficient (Wildman–Crippen LogP) is 3.39.